The Morgan fingerprint density at radius 3 is 0.977 bits per heavy atom. The molecule has 1 rings (SSSR count). The predicted octanol–water partition coefficient (Wildman–Crippen LogP) is 9.02. The number of carbonyl (C=O) groups is 2. The van der Waals surface area contributed by atoms with Crippen molar-refractivity contribution in [3.05, 3.63) is 0 Å². The number of unbranched alkanes of at least 4 members (excludes halogenated alkanes) is 20. The first-order valence-corrected chi connectivity index (χ1v) is 19.6. The van der Waals surface area contributed by atoms with Crippen molar-refractivity contribution in [2.75, 3.05) is 52.4 Å². The highest BCUT2D eigenvalue weighted by molar-refractivity contribution is 5.76. The molecule has 1 aliphatic heterocycles. The fourth-order valence-corrected chi connectivity index (χ4v) is 6.37. The monoisotopic (exact) mass is 621 g/mol. The summed E-state index contributed by atoms with van der Waals surface area (Å²) in [6, 6.07) is 0. The molecule has 6 nitrogen and oxygen atoms in total. The number of hydrogen-bond acceptors (Lipinski definition) is 4. The molecule has 1 aliphatic rings. The lowest BCUT2D eigenvalue weighted by molar-refractivity contribution is -0.122. The van der Waals surface area contributed by atoms with Crippen LogP contribution in [0.4, 0.5) is 0 Å². The summed E-state index contributed by atoms with van der Waals surface area (Å²) in [7, 11) is 0. The average molecular weight is 621 g/mol. The van der Waals surface area contributed by atoms with E-state index in [1.165, 1.54) is 128 Å². The maximum absolute atomic E-state index is 12.1. The van der Waals surface area contributed by atoms with E-state index in [0.717, 1.165) is 78.0 Å². The number of rotatable bonds is 32. The third kappa shape index (κ3) is 27.2. The van der Waals surface area contributed by atoms with Gasteiger partial charge in [-0.3, -0.25) is 9.59 Å². The van der Waals surface area contributed by atoms with Gasteiger partial charge in [-0.25, -0.2) is 0 Å². The zero-order chi connectivity index (χ0) is 31.8. The van der Waals surface area contributed by atoms with Crippen LogP contribution in [0.3, 0.4) is 0 Å². The zero-order valence-electron chi connectivity index (χ0n) is 29.8. The molecule has 2 amide bonds. The van der Waals surface area contributed by atoms with Crippen LogP contribution in [-0.2, 0) is 9.59 Å². The van der Waals surface area contributed by atoms with Crippen molar-refractivity contribution in [2.45, 2.75) is 181 Å². The molecule has 6 heteroatoms. The molecule has 1 fully saturated rings. The van der Waals surface area contributed by atoms with Crippen LogP contribution in [0.15, 0.2) is 0 Å². The molecule has 0 bridgehead atoms. The summed E-state index contributed by atoms with van der Waals surface area (Å²) in [6.45, 7) is 12.7. The van der Waals surface area contributed by atoms with Crippen LogP contribution < -0.4 is 10.6 Å². The SMILES string of the molecule is CCCCCCCCCCCCCC(=O)NCCCN1CCN(CCCNC(=O)CCCCCCCCCCCCC)CC1. The topological polar surface area (TPSA) is 64.7 Å². The van der Waals surface area contributed by atoms with E-state index < -0.39 is 0 Å². The van der Waals surface area contributed by atoms with Gasteiger partial charge in [0.1, 0.15) is 0 Å². The lowest BCUT2D eigenvalue weighted by Crippen LogP contribution is -2.47. The standard InChI is InChI=1S/C38H76N4O2/c1-3-5-7-9-11-13-15-17-19-21-23-27-37(43)39-29-25-31-41-33-35-42(36-34-41)32-26-30-40-38(44)28-24-22-20-18-16-14-12-10-8-6-4-2/h3-36H2,1-2H3,(H,39,43)(H,40,44). The Morgan fingerprint density at radius 2 is 0.682 bits per heavy atom. The number of piperazine rings is 1. The number of nitrogens with one attached hydrogen (secondary N) is 2. The molecular weight excluding hydrogens is 544 g/mol. The Balaban J connectivity index is 1.84. The third-order valence-electron chi connectivity index (χ3n) is 9.43. The Labute approximate surface area is 274 Å². The number of hydrogen-bond donors (Lipinski definition) is 2. The average Bonchev–Trinajstić information content (AvgIpc) is 3.03. The van der Waals surface area contributed by atoms with Crippen molar-refractivity contribution < 1.29 is 9.59 Å². The normalized spacial score (nSPS) is 14.2. The van der Waals surface area contributed by atoms with Crippen molar-refractivity contribution in [3.63, 3.8) is 0 Å². The lowest BCUT2D eigenvalue weighted by Gasteiger charge is -2.34. The van der Waals surface area contributed by atoms with Crippen LogP contribution >= 0.6 is 0 Å². The van der Waals surface area contributed by atoms with Gasteiger partial charge in [-0.05, 0) is 38.8 Å². The molecule has 0 radical (unpaired) electrons. The quantitative estimate of drug-likeness (QED) is 0.0737. The summed E-state index contributed by atoms with van der Waals surface area (Å²) in [5.41, 5.74) is 0. The Kier molecular flexibility index (Phi) is 29.6. The van der Waals surface area contributed by atoms with Gasteiger partial charge in [0, 0.05) is 52.1 Å². The molecular formula is C38H76N4O2. The van der Waals surface area contributed by atoms with Gasteiger partial charge in [-0.1, -0.05) is 142 Å². The first kappa shape index (κ1) is 40.9. The van der Waals surface area contributed by atoms with Gasteiger partial charge < -0.3 is 20.4 Å². The Bertz CT molecular complexity index is 582. The number of amides is 2. The summed E-state index contributed by atoms with van der Waals surface area (Å²) in [6.07, 6.45) is 32.5. The molecule has 44 heavy (non-hydrogen) atoms. The van der Waals surface area contributed by atoms with E-state index >= 15 is 0 Å². The molecule has 0 unspecified atom stereocenters. The smallest absolute Gasteiger partial charge is 0.219 e. The second-order valence-corrected chi connectivity index (χ2v) is 13.7. The van der Waals surface area contributed by atoms with Crippen LogP contribution in [0.1, 0.15) is 181 Å². The van der Waals surface area contributed by atoms with Crippen molar-refractivity contribution in [1.82, 2.24) is 20.4 Å². The molecule has 0 atom stereocenters. The van der Waals surface area contributed by atoms with E-state index in [-0.39, 0.29) is 11.8 Å². The first-order chi connectivity index (χ1) is 21.7. The summed E-state index contributed by atoms with van der Waals surface area (Å²) in [5, 5.41) is 6.26. The van der Waals surface area contributed by atoms with Gasteiger partial charge in [-0.2, -0.15) is 0 Å². The van der Waals surface area contributed by atoms with Crippen molar-refractivity contribution in [2.24, 2.45) is 0 Å². The predicted molar refractivity (Wildman–Crippen MR) is 190 cm³/mol. The van der Waals surface area contributed by atoms with Crippen LogP contribution in [0.5, 0.6) is 0 Å². The molecule has 1 saturated heterocycles. The van der Waals surface area contributed by atoms with Crippen LogP contribution in [0, 0.1) is 0 Å². The van der Waals surface area contributed by atoms with Crippen molar-refractivity contribution in [1.29, 1.82) is 0 Å². The molecule has 0 aliphatic carbocycles. The van der Waals surface area contributed by atoms with E-state index in [1.54, 1.807) is 0 Å². The number of carbonyl (C=O) groups excluding carboxylic acids is 2. The highest BCUT2D eigenvalue weighted by Gasteiger charge is 2.16. The maximum atomic E-state index is 12.1. The van der Waals surface area contributed by atoms with E-state index in [9.17, 15) is 9.59 Å². The minimum atomic E-state index is 0.233. The van der Waals surface area contributed by atoms with Crippen LogP contribution in [0.25, 0.3) is 0 Å². The fourth-order valence-electron chi connectivity index (χ4n) is 6.37. The lowest BCUT2D eigenvalue weighted by atomic mass is 10.1. The fraction of sp³-hybridized carbons (Fsp3) is 0.947. The summed E-state index contributed by atoms with van der Waals surface area (Å²) in [5.74, 6) is 0.466. The van der Waals surface area contributed by atoms with Crippen LogP contribution in [0.2, 0.25) is 0 Å². The minimum Gasteiger partial charge on any atom is -0.356 e. The molecule has 0 aromatic heterocycles. The van der Waals surface area contributed by atoms with E-state index in [0.29, 0.717) is 12.8 Å². The largest absolute Gasteiger partial charge is 0.356 e. The van der Waals surface area contributed by atoms with Crippen molar-refractivity contribution >= 4 is 11.8 Å². The maximum Gasteiger partial charge on any atom is 0.219 e. The van der Waals surface area contributed by atoms with Crippen LogP contribution in [-0.4, -0.2) is 74.0 Å². The molecule has 2 N–H and O–H groups in total. The zero-order valence-corrected chi connectivity index (χ0v) is 29.8. The molecule has 0 aromatic rings. The second-order valence-electron chi connectivity index (χ2n) is 13.7. The molecule has 0 aromatic carbocycles. The second kappa shape index (κ2) is 31.8. The van der Waals surface area contributed by atoms with Gasteiger partial charge >= 0.3 is 0 Å². The van der Waals surface area contributed by atoms with Gasteiger partial charge in [0.25, 0.3) is 0 Å². The van der Waals surface area contributed by atoms with E-state index in [2.05, 4.69) is 34.3 Å². The first-order valence-electron chi connectivity index (χ1n) is 19.6. The van der Waals surface area contributed by atoms with E-state index in [4.69, 9.17) is 0 Å². The molecule has 1 heterocycles. The Hall–Kier alpha value is -1.14. The molecule has 260 valence electrons. The van der Waals surface area contributed by atoms with E-state index in [1.807, 2.05) is 0 Å². The van der Waals surface area contributed by atoms with Crippen molar-refractivity contribution in [3.8, 4) is 0 Å². The highest BCUT2D eigenvalue weighted by atomic mass is 16.2. The highest BCUT2D eigenvalue weighted by Crippen LogP contribution is 2.13. The Morgan fingerprint density at radius 1 is 0.409 bits per heavy atom. The van der Waals surface area contributed by atoms with Gasteiger partial charge in [0.2, 0.25) is 11.8 Å². The summed E-state index contributed by atoms with van der Waals surface area (Å²) >= 11 is 0. The summed E-state index contributed by atoms with van der Waals surface area (Å²) < 4.78 is 0. The molecule has 0 saturated carbocycles. The number of nitrogens with zero attached hydrogens (tertiary/aromatic N) is 2. The summed E-state index contributed by atoms with van der Waals surface area (Å²) in [4.78, 5) is 29.4. The van der Waals surface area contributed by atoms with Gasteiger partial charge in [0.15, 0.2) is 0 Å². The molecule has 0 spiro atoms. The van der Waals surface area contributed by atoms with Gasteiger partial charge in [0.05, 0.1) is 0 Å². The third-order valence-corrected chi connectivity index (χ3v) is 9.43. The van der Waals surface area contributed by atoms with Gasteiger partial charge in [-0.15, -0.1) is 0 Å². The minimum absolute atomic E-state index is 0.233.